The minimum atomic E-state index is -1.03. The smallest absolute Gasteiger partial charge is 0.307 e. The highest BCUT2D eigenvalue weighted by atomic mass is 35.5. The summed E-state index contributed by atoms with van der Waals surface area (Å²) >= 11 is 11.5. The summed E-state index contributed by atoms with van der Waals surface area (Å²) in [5.41, 5.74) is 0.502. The summed E-state index contributed by atoms with van der Waals surface area (Å²) in [4.78, 5) is 13.6. The highest BCUT2D eigenvalue weighted by molar-refractivity contribution is 6.38. The third kappa shape index (κ3) is 2.16. The molecule has 0 spiro atoms. The Bertz CT molecular complexity index is 424. The number of hydrogen-bond donors (Lipinski definition) is 1. The summed E-state index contributed by atoms with van der Waals surface area (Å²) in [7, 11) is 0. The van der Waals surface area contributed by atoms with E-state index in [1.165, 1.54) is 12.1 Å². The number of nitrogens with zero attached hydrogens (tertiary/aromatic N) is 1. The molecule has 0 saturated heterocycles. The first-order chi connectivity index (χ1) is 6.56. The van der Waals surface area contributed by atoms with Crippen molar-refractivity contribution in [3.63, 3.8) is 0 Å². The van der Waals surface area contributed by atoms with Gasteiger partial charge in [0.25, 0.3) is 0 Å². The SMILES string of the molecule is [C-]#[N+]c1ccc(Cl)c(CC(=O)O)c1Cl. The second kappa shape index (κ2) is 4.32. The van der Waals surface area contributed by atoms with Gasteiger partial charge in [-0.05, 0) is 5.56 Å². The molecule has 0 unspecified atom stereocenters. The van der Waals surface area contributed by atoms with Crippen LogP contribution in [0.25, 0.3) is 4.85 Å². The topological polar surface area (TPSA) is 41.7 Å². The van der Waals surface area contributed by atoms with Crippen molar-refractivity contribution in [1.29, 1.82) is 0 Å². The van der Waals surface area contributed by atoms with E-state index in [4.69, 9.17) is 34.9 Å². The number of hydrogen-bond acceptors (Lipinski definition) is 1. The maximum atomic E-state index is 10.5. The first-order valence-electron chi connectivity index (χ1n) is 3.62. The van der Waals surface area contributed by atoms with E-state index in [2.05, 4.69) is 4.85 Å². The molecule has 0 aliphatic rings. The zero-order valence-corrected chi connectivity index (χ0v) is 8.43. The van der Waals surface area contributed by atoms with E-state index in [1.807, 2.05) is 0 Å². The average Bonchev–Trinajstić information content (AvgIpc) is 2.12. The van der Waals surface area contributed by atoms with E-state index >= 15 is 0 Å². The summed E-state index contributed by atoms with van der Waals surface area (Å²) in [6.45, 7) is 6.78. The van der Waals surface area contributed by atoms with Crippen LogP contribution in [0.1, 0.15) is 5.56 Å². The summed E-state index contributed by atoms with van der Waals surface area (Å²) < 4.78 is 0. The van der Waals surface area contributed by atoms with Crippen LogP contribution >= 0.6 is 23.2 Å². The molecule has 0 atom stereocenters. The number of aliphatic carboxylic acids is 1. The van der Waals surface area contributed by atoms with Crippen molar-refractivity contribution in [2.45, 2.75) is 6.42 Å². The van der Waals surface area contributed by atoms with E-state index < -0.39 is 5.97 Å². The molecule has 0 aliphatic heterocycles. The van der Waals surface area contributed by atoms with Crippen LogP contribution in [0.15, 0.2) is 12.1 Å². The van der Waals surface area contributed by atoms with Crippen LogP contribution in [0.2, 0.25) is 10.0 Å². The lowest BCUT2D eigenvalue weighted by molar-refractivity contribution is -0.136. The van der Waals surface area contributed by atoms with Gasteiger partial charge < -0.3 is 5.11 Å². The third-order valence-corrected chi connectivity index (χ3v) is 2.39. The molecule has 0 bridgehead atoms. The molecule has 1 aromatic rings. The molecule has 0 amide bonds. The molecule has 0 aromatic heterocycles. The Kier molecular flexibility index (Phi) is 3.34. The molecule has 0 fully saturated rings. The molecule has 1 rings (SSSR count). The van der Waals surface area contributed by atoms with Gasteiger partial charge in [-0.3, -0.25) is 4.79 Å². The number of rotatable bonds is 2. The van der Waals surface area contributed by atoms with Crippen LogP contribution in [0.3, 0.4) is 0 Å². The third-order valence-electron chi connectivity index (χ3n) is 1.61. The highest BCUT2D eigenvalue weighted by Crippen LogP contribution is 2.33. The fraction of sp³-hybridized carbons (Fsp3) is 0.111. The zero-order valence-electron chi connectivity index (χ0n) is 6.92. The second-order valence-corrected chi connectivity index (χ2v) is 3.33. The van der Waals surface area contributed by atoms with E-state index in [1.54, 1.807) is 0 Å². The molecule has 72 valence electrons. The average molecular weight is 230 g/mol. The second-order valence-electron chi connectivity index (χ2n) is 2.54. The van der Waals surface area contributed by atoms with E-state index in [-0.39, 0.29) is 27.7 Å². The monoisotopic (exact) mass is 229 g/mol. The predicted octanol–water partition coefficient (Wildman–Crippen LogP) is 3.17. The van der Waals surface area contributed by atoms with Crippen LogP contribution in [-0.2, 0) is 11.2 Å². The van der Waals surface area contributed by atoms with Crippen LogP contribution in [0.4, 0.5) is 5.69 Å². The standard InChI is InChI=1S/C9H5Cl2NO2/c1-12-7-3-2-6(10)5(9(7)11)4-8(13)14/h2-3H,4H2,(H,13,14). The van der Waals surface area contributed by atoms with Crippen LogP contribution in [-0.4, -0.2) is 11.1 Å². The number of carbonyl (C=O) groups is 1. The molecule has 5 heteroatoms. The van der Waals surface area contributed by atoms with Crippen molar-refractivity contribution in [3.05, 3.63) is 39.2 Å². The van der Waals surface area contributed by atoms with E-state index in [0.717, 1.165) is 0 Å². The Morgan fingerprint density at radius 3 is 2.64 bits per heavy atom. The molecular weight excluding hydrogens is 225 g/mol. The molecule has 3 nitrogen and oxygen atoms in total. The minimum Gasteiger partial charge on any atom is -0.481 e. The maximum absolute atomic E-state index is 10.5. The summed E-state index contributed by atoms with van der Waals surface area (Å²) in [5.74, 6) is -1.03. The van der Waals surface area contributed by atoms with Gasteiger partial charge in [0.15, 0.2) is 0 Å². The largest absolute Gasteiger partial charge is 0.481 e. The molecule has 0 saturated carbocycles. The van der Waals surface area contributed by atoms with Crippen LogP contribution in [0, 0.1) is 6.57 Å². The Morgan fingerprint density at radius 2 is 2.14 bits per heavy atom. The van der Waals surface area contributed by atoms with Gasteiger partial charge in [-0.2, -0.15) is 0 Å². The quantitative estimate of drug-likeness (QED) is 0.792. The molecule has 0 heterocycles. The minimum absolute atomic E-state index is 0.120. The highest BCUT2D eigenvalue weighted by Gasteiger charge is 2.13. The van der Waals surface area contributed by atoms with Gasteiger partial charge in [-0.25, -0.2) is 4.85 Å². The predicted molar refractivity (Wildman–Crippen MR) is 54.1 cm³/mol. The van der Waals surface area contributed by atoms with Gasteiger partial charge in [0, 0.05) is 5.02 Å². The van der Waals surface area contributed by atoms with Gasteiger partial charge in [0.2, 0.25) is 5.69 Å². The van der Waals surface area contributed by atoms with Crippen molar-refractivity contribution in [2.24, 2.45) is 0 Å². The van der Waals surface area contributed by atoms with Gasteiger partial charge in [0.05, 0.1) is 18.0 Å². The Hall–Kier alpha value is -1.24. The fourth-order valence-corrected chi connectivity index (χ4v) is 1.53. The number of carboxylic acids is 1. The Balaban J connectivity index is 3.27. The molecule has 14 heavy (non-hydrogen) atoms. The zero-order chi connectivity index (χ0) is 10.7. The lowest BCUT2D eigenvalue weighted by Gasteiger charge is -2.05. The van der Waals surface area contributed by atoms with Crippen molar-refractivity contribution in [2.75, 3.05) is 0 Å². The normalized spacial score (nSPS) is 9.50. The number of halogens is 2. The van der Waals surface area contributed by atoms with Gasteiger partial charge >= 0.3 is 5.97 Å². The van der Waals surface area contributed by atoms with Gasteiger partial charge in [-0.1, -0.05) is 35.3 Å². The summed E-state index contributed by atoms with van der Waals surface area (Å²) in [5, 5.41) is 8.97. The molecule has 1 aromatic carbocycles. The van der Waals surface area contributed by atoms with Crippen molar-refractivity contribution in [3.8, 4) is 0 Å². The summed E-state index contributed by atoms with van der Waals surface area (Å²) in [6.07, 6.45) is -0.277. The van der Waals surface area contributed by atoms with E-state index in [0.29, 0.717) is 0 Å². The first kappa shape index (κ1) is 10.8. The molecule has 1 N–H and O–H groups in total. The van der Waals surface area contributed by atoms with E-state index in [9.17, 15) is 4.79 Å². The lowest BCUT2D eigenvalue weighted by atomic mass is 10.1. The number of carboxylic acid groups (broad SMARTS) is 1. The van der Waals surface area contributed by atoms with Crippen LogP contribution < -0.4 is 0 Å². The summed E-state index contributed by atoms with van der Waals surface area (Å²) in [6, 6.07) is 2.93. The molecular formula is C9H5Cl2NO2. The van der Waals surface area contributed by atoms with Crippen LogP contribution in [0.5, 0.6) is 0 Å². The first-order valence-corrected chi connectivity index (χ1v) is 4.38. The lowest BCUT2D eigenvalue weighted by Crippen LogP contribution is -2.01. The molecule has 0 radical (unpaired) electrons. The van der Waals surface area contributed by atoms with Crippen molar-refractivity contribution in [1.82, 2.24) is 0 Å². The van der Waals surface area contributed by atoms with Crippen molar-refractivity contribution < 1.29 is 9.90 Å². The fourth-order valence-electron chi connectivity index (χ4n) is 0.985. The van der Waals surface area contributed by atoms with Crippen molar-refractivity contribution >= 4 is 34.9 Å². The number of benzene rings is 1. The van der Waals surface area contributed by atoms with Gasteiger partial charge in [0.1, 0.15) is 0 Å². The van der Waals surface area contributed by atoms with Gasteiger partial charge in [-0.15, -0.1) is 0 Å². The maximum Gasteiger partial charge on any atom is 0.307 e. The molecule has 0 aliphatic carbocycles. The Morgan fingerprint density at radius 1 is 1.50 bits per heavy atom. The Labute approximate surface area is 90.7 Å².